The van der Waals surface area contributed by atoms with Crippen LogP contribution in [0.15, 0.2) is 59.8 Å². The molecule has 2 aromatic heterocycles. The molecule has 0 bridgehead atoms. The molecular formula is C43H49ClN10O5. The maximum Gasteiger partial charge on any atom is 0.275 e. The highest BCUT2D eigenvalue weighted by molar-refractivity contribution is 6.31. The first kappa shape index (κ1) is 40.2. The number of nitrogens with one attached hydrogen (secondary N) is 2. The Kier molecular flexibility index (Phi) is 10.8. The number of ether oxygens (including phenoxy) is 1. The lowest BCUT2D eigenvalue weighted by Gasteiger charge is -2.63. The smallest absolute Gasteiger partial charge is 0.275 e. The molecule has 3 aliphatic heterocycles. The lowest BCUT2D eigenvalue weighted by atomic mass is 9.49. The molecule has 4 aliphatic rings. The van der Waals surface area contributed by atoms with Crippen LogP contribution in [0.4, 0.5) is 11.5 Å². The van der Waals surface area contributed by atoms with Gasteiger partial charge >= 0.3 is 0 Å². The predicted molar refractivity (Wildman–Crippen MR) is 222 cm³/mol. The normalized spacial score (nSPS) is 23.3. The van der Waals surface area contributed by atoms with Crippen LogP contribution in [0.2, 0.25) is 5.02 Å². The van der Waals surface area contributed by atoms with Crippen LogP contribution in [-0.4, -0.2) is 100 Å². The van der Waals surface area contributed by atoms with E-state index in [9.17, 15) is 24.4 Å². The first-order valence-corrected chi connectivity index (χ1v) is 20.7. The minimum Gasteiger partial charge on any atom is -0.489 e. The van der Waals surface area contributed by atoms with Crippen molar-refractivity contribution < 1.29 is 19.1 Å². The van der Waals surface area contributed by atoms with Crippen LogP contribution in [-0.2, 0) is 9.59 Å². The molecule has 4 fully saturated rings. The van der Waals surface area contributed by atoms with Crippen LogP contribution in [0.3, 0.4) is 0 Å². The number of hydrogen-bond acceptors (Lipinski definition) is 12. The fourth-order valence-electron chi connectivity index (χ4n) is 9.79. The molecule has 5 heterocycles. The van der Waals surface area contributed by atoms with Gasteiger partial charge in [-0.2, -0.15) is 10.4 Å². The highest BCUT2D eigenvalue weighted by atomic mass is 35.5. The third-order valence-electron chi connectivity index (χ3n) is 12.8. The zero-order valence-corrected chi connectivity index (χ0v) is 34.5. The summed E-state index contributed by atoms with van der Waals surface area (Å²) in [7, 11) is 0. The molecule has 16 heteroatoms. The van der Waals surface area contributed by atoms with E-state index in [4.69, 9.17) is 16.3 Å². The van der Waals surface area contributed by atoms with Crippen LogP contribution >= 0.6 is 11.6 Å². The van der Waals surface area contributed by atoms with Gasteiger partial charge in [0, 0.05) is 86.2 Å². The number of benzene rings is 2. The topological polar surface area (TPSA) is 179 Å². The van der Waals surface area contributed by atoms with Gasteiger partial charge in [0.1, 0.15) is 35.5 Å². The van der Waals surface area contributed by atoms with Gasteiger partial charge < -0.3 is 19.9 Å². The zero-order chi connectivity index (χ0) is 41.6. The summed E-state index contributed by atoms with van der Waals surface area (Å²) in [6, 6.07) is 11.9. The number of amides is 3. The van der Waals surface area contributed by atoms with Crippen molar-refractivity contribution in [3.05, 3.63) is 81.6 Å². The fraction of sp³-hybridized carbons (Fsp3) is 0.488. The van der Waals surface area contributed by atoms with Crippen molar-refractivity contribution in [1.29, 1.82) is 5.26 Å². The Morgan fingerprint density at radius 1 is 0.932 bits per heavy atom. The molecule has 0 spiro atoms. The number of fused-ring (bicyclic) bond motifs is 1. The molecule has 2 aromatic carbocycles. The summed E-state index contributed by atoms with van der Waals surface area (Å²) in [4.78, 5) is 66.9. The average molecular weight is 821 g/mol. The fourth-order valence-corrected chi connectivity index (χ4v) is 10.00. The number of carbonyl (C=O) groups excluding carboxylic acids is 3. The number of rotatable bonds is 9. The SMILES string of the molecule is CC1(C)[C@H](NC(=O)c2cnc(N3CCC(CN4CCN(c5ccc6c(=O)n([C@@H]7CCC(=O)NC7=O)ncc6c5)CC4)CC3)cn2)C(C)(C)[C@H]1Oc1ccc(C#N)c(Cl)c1. The van der Waals surface area contributed by atoms with Crippen molar-refractivity contribution in [3.63, 3.8) is 0 Å². The van der Waals surface area contributed by atoms with Gasteiger partial charge in [0.25, 0.3) is 17.4 Å². The maximum atomic E-state index is 13.4. The highest BCUT2D eigenvalue weighted by Crippen LogP contribution is 2.55. The molecule has 15 nitrogen and oxygen atoms in total. The Balaban J connectivity index is 0.792. The monoisotopic (exact) mass is 820 g/mol. The Hall–Kier alpha value is -5.59. The van der Waals surface area contributed by atoms with E-state index in [0.29, 0.717) is 27.6 Å². The summed E-state index contributed by atoms with van der Waals surface area (Å²) >= 11 is 6.24. The van der Waals surface area contributed by atoms with E-state index < -0.39 is 22.8 Å². The molecule has 0 unspecified atom stereocenters. The van der Waals surface area contributed by atoms with Crippen LogP contribution in [0, 0.1) is 28.1 Å². The summed E-state index contributed by atoms with van der Waals surface area (Å²) in [6.45, 7) is 14.7. The van der Waals surface area contributed by atoms with Crippen molar-refractivity contribution in [1.82, 2.24) is 35.3 Å². The summed E-state index contributed by atoms with van der Waals surface area (Å²) in [6.07, 6.45) is 7.20. The molecule has 3 amide bonds. The molecule has 1 atom stereocenters. The maximum absolute atomic E-state index is 13.4. The van der Waals surface area contributed by atoms with Gasteiger partial charge in [0.05, 0.1) is 34.6 Å². The van der Waals surface area contributed by atoms with Gasteiger partial charge in [0.15, 0.2) is 0 Å². The second-order valence-electron chi connectivity index (χ2n) is 17.4. The quantitative estimate of drug-likeness (QED) is 0.229. The van der Waals surface area contributed by atoms with Crippen molar-refractivity contribution in [2.45, 2.75) is 71.6 Å². The predicted octanol–water partition coefficient (Wildman–Crippen LogP) is 4.34. The number of piperazine rings is 1. The summed E-state index contributed by atoms with van der Waals surface area (Å²) < 4.78 is 7.56. The lowest BCUT2D eigenvalue weighted by Crippen LogP contribution is -2.74. The number of anilines is 2. The Morgan fingerprint density at radius 2 is 1.68 bits per heavy atom. The minimum atomic E-state index is -0.787. The van der Waals surface area contributed by atoms with Crippen LogP contribution in [0.5, 0.6) is 5.75 Å². The standard InChI is InChI=1S/C43H49ClN10O5/c1-42(2)40(43(3,4)41(42)59-30-7-5-27(21-45)32(44)20-30)50-37(56)33-23-47-35(24-46-33)53-13-11-26(12-14-53)25-51-15-17-52(18-16-51)29-6-8-31-28(19-29)22-48-54(39(31)58)34-9-10-36(55)49-38(34)57/h5-8,19-20,22-24,26,34,40-41H,9-18,25H2,1-4H3,(H,50,56)(H,49,55,57)/t34-,40-,41-/m1/s1. The number of imide groups is 1. The highest BCUT2D eigenvalue weighted by Gasteiger charge is 2.64. The third kappa shape index (κ3) is 7.83. The molecule has 1 aliphatic carbocycles. The van der Waals surface area contributed by atoms with Crippen molar-refractivity contribution in [2.75, 3.05) is 55.6 Å². The molecule has 308 valence electrons. The molecule has 2 N–H and O–H groups in total. The number of aromatic nitrogens is 4. The molecule has 3 saturated heterocycles. The van der Waals surface area contributed by atoms with Crippen molar-refractivity contribution in [3.8, 4) is 11.8 Å². The second kappa shape index (κ2) is 15.9. The van der Waals surface area contributed by atoms with E-state index in [1.807, 2.05) is 18.2 Å². The molecule has 59 heavy (non-hydrogen) atoms. The molecular weight excluding hydrogens is 772 g/mol. The molecule has 0 radical (unpaired) electrons. The Labute approximate surface area is 347 Å². The second-order valence-corrected chi connectivity index (χ2v) is 17.8. The van der Waals surface area contributed by atoms with Gasteiger partial charge in [-0.3, -0.25) is 29.4 Å². The van der Waals surface area contributed by atoms with E-state index in [0.717, 1.165) is 75.5 Å². The van der Waals surface area contributed by atoms with E-state index in [1.54, 1.807) is 36.8 Å². The van der Waals surface area contributed by atoms with E-state index in [-0.39, 0.29) is 48.1 Å². The van der Waals surface area contributed by atoms with Crippen molar-refractivity contribution in [2.24, 2.45) is 16.7 Å². The lowest BCUT2D eigenvalue weighted by molar-refractivity contribution is -0.164. The van der Waals surface area contributed by atoms with E-state index in [1.165, 1.54) is 4.68 Å². The summed E-state index contributed by atoms with van der Waals surface area (Å²) in [5, 5.41) is 20.6. The largest absolute Gasteiger partial charge is 0.489 e. The van der Waals surface area contributed by atoms with Gasteiger partial charge in [0.2, 0.25) is 5.91 Å². The number of nitrogens with zero attached hydrogens (tertiary/aromatic N) is 8. The molecule has 8 rings (SSSR count). The average Bonchev–Trinajstić information content (AvgIpc) is 3.22. The number of carbonyl (C=O) groups is 3. The van der Waals surface area contributed by atoms with Crippen molar-refractivity contribution >= 4 is 51.6 Å². The minimum absolute atomic E-state index is 0.179. The van der Waals surface area contributed by atoms with Crippen LogP contribution in [0.25, 0.3) is 10.8 Å². The zero-order valence-electron chi connectivity index (χ0n) is 33.8. The van der Waals surface area contributed by atoms with Gasteiger partial charge in [-0.1, -0.05) is 39.3 Å². The van der Waals surface area contributed by atoms with Gasteiger partial charge in [-0.15, -0.1) is 0 Å². The first-order valence-electron chi connectivity index (χ1n) is 20.3. The van der Waals surface area contributed by atoms with Gasteiger partial charge in [-0.25, -0.2) is 14.6 Å². The Bertz CT molecular complexity index is 2360. The summed E-state index contributed by atoms with van der Waals surface area (Å²) in [5.74, 6) is 0.829. The first-order chi connectivity index (χ1) is 28.2. The van der Waals surface area contributed by atoms with Gasteiger partial charge in [-0.05, 0) is 55.5 Å². The number of hydrogen-bond donors (Lipinski definition) is 2. The van der Waals surface area contributed by atoms with E-state index in [2.05, 4.69) is 74.2 Å². The summed E-state index contributed by atoms with van der Waals surface area (Å²) in [5.41, 5.74) is 0.583. The van der Waals surface area contributed by atoms with Crippen LogP contribution in [0.1, 0.15) is 75.5 Å². The van der Waals surface area contributed by atoms with E-state index >= 15 is 0 Å². The number of nitriles is 1. The molecule has 4 aromatic rings. The number of halogens is 1. The third-order valence-corrected chi connectivity index (χ3v) is 13.1. The molecule has 1 saturated carbocycles. The Morgan fingerprint density at radius 3 is 2.34 bits per heavy atom. The van der Waals surface area contributed by atoms with Crippen LogP contribution < -0.4 is 30.7 Å². The number of piperidine rings is 2.